The average Bonchev–Trinajstić information content (AvgIpc) is 3.08. The Morgan fingerprint density at radius 3 is 2.36 bits per heavy atom. The first-order valence-corrected chi connectivity index (χ1v) is 9.32. The minimum absolute atomic E-state index is 0.0403. The number of aromatic nitrogens is 3. The molecule has 0 aliphatic carbocycles. The van der Waals surface area contributed by atoms with Gasteiger partial charge in [0.05, 0.1) is 28.0 Å². The molecule has 6 heteroatoms. The van der Waals surface area contributed by atoms with E-state index in [1.54, 1.807) is 22.9 Å². The Morgan fingerprint density at radius 2 is 1.75 bits per heavy atom. The summed E-state index contributed by atoms with van der Waals surface area (Å²) in [5, 5.41) is 15.8. The summed E-state index contributed by atoms with van der Waals surface area (Å²) in [7, 11) is 0. The molecule has 4 rings (SSSR count). The lowest BCUT2D eigenvalue weighted by atomic mass is 10.0. The first-order valence-electron chi connectivity index (χ1n) is 8.94. The third-order valence-corrected chi connectivity index (χ3v) is 4.83. The molecule has 0 radical (unpaired) electrons. The maximum Gasteiger partial charge on any atom is 0.336 e. The summed E-state index contributed by atoms with van der Waals surface area (Å²) in [6, 6.07) is 18.4. The van der Waals surface area contributed by atoms with Gasteiger partial charge in [-0.05, 0) is 36.2 Å². The predicted molar refractivity (Wildman–Crippen MR) is 110 cm³/mol. The number of hydrogen-bond donors (Lipinski definition) is 1. The average molecular weight is 392 g/mol. The highest BCUT2D eigenvalue weighted by Crippen LogP contribution is 2.32. The number of benzene rings is 2. The maximum absolute atomic E-state index is 12.1. The molecule has 2 heterocycles. The fourth-order valence-electron chi connectivity index (χ4n) is 3.23. The fraction of sp³-hybridized carbons (Fsp3) is 0.136. The fourth-order valence-corrected chi connectivity index (χ4v) is 3.36. The molecule has 0 aliphatic rings. The van der Waals surface area contributed by atoms with Crippen LogP contribution in [0, 0.1) is 0 Å². The van der Waals surface area contributed by atoms with Gasteiger partial charge < -0.3 is 5.11 Å². The van der Waals surface area contributed by atoms with E-state index in [2.05, 4.69) is 0 Å². The normalized spacial score (nSPS) is 11.3. The maximum atomic E-state index is 12.1. The van der Waals surface area contributed by atoms with E-state index in [4.69, 9.17) is 21.7 Å². The zero-order valence-electron chi connectivity index (χ0n) is 15.4. The van der Waals surface area contributed by atoms with Crippen molar-refractivity contribution in [1.82, 2.24) is 14.8 Å². The second-order valence-electron chi connectivity index (χ2n) is 6.85. The Labute approximate surface area is 167 Å². The van der Waals surface area contributed by atoms with Crippen molar-refractivity contribution in [3.63, 3.8) is 0 Å². The zero-order valence-corrected chi connectivity index (χ0v) is 16.2. The van der Waals surface area contributed by atoms with Crippen LogP contribution in [0.3, 0.4) is 0 Å². The monoisotopic (exact) mass is 391 g/mol. The van der Waals surface area contributed by atoms with Crippen molar-refractivity contribution in [2.24, 2.45) is 0 Å². The van der Waals surface area contributed by atoms with Gasteiger partial charge in [0.25, 0.3) is 0 Å². The number of carbonyl (C=O) groups is 1. The molecule has 0 aliphatic heterocycles. The van der Waals surface area contributed by atoms with Gasteiger partial charge in [0.2, 0.25) is 0 Å². The SMILES string of the molecule is CC(C)c1nn(-c2ccc(Cl)cc2)c2nc(-c3ccccc3)cc(C(=O)O)c12. The summed E-state index contributed by atoms with van der Waals surface area (Å²) in [5.74, 6) is -0.958. The van der Waals surface area contributed by atoms with Crippen molar-refractivity contribution in [3.8, 4) is 16.9 Å². The molecule has 2 aromatic carbocycles. The topological polar surface area (TPSA) is 68.0 Å². The summed E-state index contributed by atoms with van der Waals surface area (Å²) >= 11 is 6.02. The van der Waals surface area contributed by atoms with Crippen LogP contribution < -0.4 is 0 Å². The lowest BCUT2D eigenvalue weighted by Crippen LogP contribution is -2.02. The lowest BCUT2D eigenvalue weighted by Gasteiger charge is -2.08. The number of rotatable bonds is 4. The van der Waals surface area contributed by atoms with E-state index in [9.17, 15) is 9.90 Å². The van der Waals surface area contributed by atoms with Crippen molar-refractivity contribution in [2.45, 2.75) is 19.8 Å². The highest BCUT2D eigenvalue weighted by atomic mass is 35.5. The van der Waals surface area contributed by atoms with E-state index in [1.807, 2.05) is 56.3 Å². The molecule has 1 N–H and O–H groups in total. The van der Waals surface area contributed by atoms with Gasteiger partial charge in [-0.3, -0.25) is 0 Å². The van der Waals surface area contributed by atoms with Crippen molar-refractivity contribution in [3.05, 3.63) is 76.9 Å². The van der Waals surface area contributed by atoms with Gasteiger partial charge in [0.15, 0.2) is 5.65 Å². The van der Waals surface area contributed by atoms with Crippen molar-refractivity contribution in [1.29, 1.82) is 0 Å². The van der Waals surface area contributed by atoms with Crippen LogP contribution in [0.15, 0.2) is 60.7 Å². The minimum Gasteiger partial charge on any atom is -0.478 e. The predicted octanol–water partition coefficient (Wildman–Crippen LogP) is 5.56. The molecule has 0 spiro atoms. The van der Waals surface area contributed by atoms with Crippen molar-refractivity contribution >= 4 is 28.6 Å². The first kappa shape index (κ1) is 18.2. The Kier molecular flexibility index (Phi) is 4.61. The number of nitrogens with zero attached hydrogens (tertiary/aromatic N) is 3. The number of aromatic carboxylic acids is 1. The van der Waals surface area contributed by atoms with Crippen LogP contribution in [-0.2, 0) is 0 Å². The number of fused-ring (bicyclic) bond motifs is 1. The van der Waals surface area contributed by atoms with Crippen molar-refractivity contribution < 1.29 is 9.90 Å². The Bertz CT molecular complexity index is 1170. The van der Waals surface area contributed by atoms with Crippen LogP contribution in [0.5, 0.6) is 0 Å². The summed E-state index contributed by atoms with van der Waals surface area (Å²) in [6.45, 7) is 3.98. The van der Waals surface area contributed by atoms with Gasteiger partial charge in [0.1, 0.15) is 0 Å². The number of hydrogen-bond acceptors (Lipinski definition) is 3. The van der Waals surface area contributed by atoms with Gasteiger partial charge in [0, 0.05) is 10.6 Å². The number of halogens is 1. The highest BCUT2D eigenvalue weighted by molar-refractivity contribution is 6.30. The standard InChI is InChI=1S/C22H18ClN3O2/c1-13(2)20-19-17(22(27)28)12-18(14-6-4-3-5-7-14)24-21(19)26(25-20)16-10-8-15(23)9-11-16/h3-13H,1-2H3,(H,27,28). The Balaban J connectivity index is 2.08. The minimum atomic E-state index is -0.998. The van der Waals surface area contributed by atoms with E-state index in [1.165, 1.54) is 0 Å². The van der Waals surface area contributed by atoms with Crippen LogP contribution in [-0.4, -0.2) is 25.8 Å². The second-order valence-corrected chi connectivity index (χ2v) is 7.29. The second kappa shape index (κ2) is 7.09. The molecule has 0 unspecified atom stereocenters. The van der Waals surface area contributed by atoms with Gasteiger partial charge in [-0.25, -0.2) is 14.5 Å². The van der Waals surface area contributed by atoms with Crippen LogP contribution in [0.2, 0.25) is 5.02 Å². The molecule has 140 valence electrons. The zero-order chi connectivity index (χ0) is 19.8. The lowest BCUT2D eigenvalue weighted by molar-refractivity contribution is 0.0699. The number of carboxylic acid groups (broad SMARTS) is 1. The molecule has 28 heavy (non-hydrogen) atoms. The molecule has 5 nitrogen and oxygen atoms in total. The summed E-state index contributed by atoms with van der Waals surface area (Å²) in [4.78, 5) is 16.9. The molecule has 4 aromatic rings. The third kappa shape index (κ3) is 3.14. The highest BCUT2D eigenvalue weighted by Gasteiger charge is 2.23. The summed E-state index contributed by atoms with van der Waals surface area (Å²) < 4.78 is 1.69. The van der Waals surface area contributed by atoms with Crippen LogP contribution in [0.25, 0.3) is 28.0 Å². The first-order chi connectivity index (χ1) is 13.5. The van der Waals surface area contributed by atoms with E-state index >= 15 is 0 Å². The number of pyridine rings is 1. The molecule has 2 aromatic heterocycles. The molecule has 0 amide bonds. The van der Waals surface area contributed by atoms with E-state index in [-0.39, 0.29) is 11.5 Å². The Hall–Kier alpha value is -3.18. The van der Waals surface area contributed by atoms with Gasteiger partial charge in [-0.15, -0.1) is 0 Å². The van der Waals surface area contributed by atoms with E-state index in [0.29, 0.717) is 27.4 Å². The molecule has 0 fully saturated rings. The quantitative estimate of drug-likeness (QED) is 0.494. The van der Waals surface area contributed by atoms with Gasteiger partial charge in [-0.2, -0.15) is 5.10 Å². The van der Waals surface area contributed by atoms with E-state index < -0.39 is 5.97 Å². The molecular formula is C22H18ClN3O2. The van der Waals surface area contributed by atoms with Gasteiger partial charge >= 0.3 is 5.97 Å². The third-order valence-electron chi connectivity index (χ3n) is 4.58. The van der Waals surface area contributed by atoms with Crippen molar-refractivity contribution in [2.75, 3.05) is 0 Å². The molecule has 0 saturated carbocycles. The van der Waals surface area contributed by atoms with E-state index in [0.717, 1.165) is 11.3 Å². The largest absolute Gasteiger partial charge is 0.478 e. The van der Waals surface area contributed by atoms with Crippen LogP contribution in [0.4, 0.5) is 0 Å². The molecule has 0 atom stereocenters. The van der Waals surface area contributed by atoms with Crippen LogP contribution >= 0.6 is 11.6 Å². The van der Waals surface area contributed by atoms with Crippen LogP contribution in [0.1, 0.15) is 35.8 Å². The summed E-state index contributed by atoms with van der Waals surface area (Å²) in [6.07, 6.45) is 0. The molecular weight excluding hydrogens is 374 g/mol. The molecule has 0 saturated heterocycles. The molecule has 0 bridgehead atoms. The Morgan fingerprint density at radius 1 is 1.07 bits per heavy atom. The smallest absolute Gasteiger partial charge is 0.336 e. The summed E-state index contributed by atoms with van der Waals surface area (Å²) in [5.41, 5.74) is 3.64. The van der Waals surface area contributed by atoms with Gasteiger partial charge in [-0.1, -0.05) is 55.8 Å². The number of carboxylic acids is 1.